The molecule has 2 heteroatoms. The number of rotatable bonds is 2. The Morgan fingerprint density at radius 2 is 1.89 bits per heavy atom. The van der Waals surface area contributed by atoms with Gasteiger partial charge in [-0.1, -0.05) is 43.5 Å². The third-order valence-corrected chi connectivity index (χ3v) is 4.32. The SMILES string of the molecule is OC1CCCCCC1Cc1cccc2cccnc12. The predicted molar refractivity (Wildman–Crippen MR) is 78.0 cm³/mol. The van der Waals surface area contributed by atoms with Gasteiger partial charge in [-0.05, 0) is 36.8 Å². The van der Waals surface area contributed by atoms with Crippen LogP contribution in [0.25, 0.3) is 10.9 Å². The molecule has 0 amide bonds. The Hall–Kier alpha value is -1.41. The molecule has 1 aromatic heterocycles. The monoisotopic (exact) mass is 255 g/mol. The Morgan fingerprint density at radius 1 is 1.05 bits per heavy atom. The molecule has 2 unspecified atom stereocenters. The van der Waals surface area contributed by atoms with Gasteiger partial charge in [-0.3, -0.25) is 4.98 Å². The van der Waals surface area contributed by atoms with Crippen LogP contribution in [0.4, 0.5) is 0 Å². The molecule has 0 bridgehead atoms. The van der Waals surface area contributed by atoms with Crippen molar-refractivity contribution in [2.24, 2.45) is 5.92 Å². The number of fused-ring (bicyclic) bond motifs is 1. The van der Waals surface area contributed by atoms with Crippen LogP contribution in [0.5, 0.6) is 0 Å². The minimum Gasteiger partial charge on any atom is -0.393 e. The van der Waals surface area contributed by atoms with E-state index in [2.05, 4.69) is 29.2 Å². The first-order valence-corrected chi connectivity index (χ1v) is 7.35. The van der Waals surface area contributed by atoms with Crippen LogP contribution < -0.4 is 0 Å². The summed E-state index contributed by atoms with van der Waals surface area (Å²) in [5.41, 5.74) is 2.38. The van der Waals surface area contributed by atoms with Crippen molar-refractivity contribution < 1.29 is 5.11 Å². The molecule has 100 valence electrons. The lowest BCUT2D eigenvalue weighted by Crippen LogP contribution is -2.21. The normalized spacial score (nSPS) is 24.3. The smallest absolute Gasteiger partial charge is 0.0734 e. The van der Waals surface area contributed by atoms with Gasteiger partial charge in [0.05, 0.1) is 11.6 Å². The minimum absolute atomic E-state index is 0.138. The fourth-order valence-corrected chi connectivity index (χ4v) is 3.22. The van der Waals surface area contributed by atoms with Crippen LogP contribution in [0.3, 0.4) is 0 Å². The number of hydrogen-bond donors (Lipinski definition) is 1. The van der Waals surface area contributed by atoms with Gasteiger partial charge in [-0.25, -0.2) is 0 Å². The molecule has 1 saturated carbocycles. The molecule has 1 aliphatic rings. The van der Waals surface area contributed by atoms with Gasteiger partial charge in [0.2, 0.25) is 0 Å². The molecular weight excluding hydrogens is 234 g/mol. The van der Waals surface area contributed by atoms with Gasteiger partial charge in [-0.15, -0.1) is 0 Å². The predicted octanol–water partition coefficient (Wildman–Crippen LogP) is 3.72. The fraction of sp³-hybridized carbons (Fsp3) is 0.471. The van der Waals surface area contributed by atoms with Crippen LogP contribution >= 0.6 is 0 Å². The Morgan fingerprint density at radius 3 is 2.84 bits per heavy atom. The van der Waals surface area contributed by atoms with Crippen molar-refractivity contribution in [3.05, 3.63) is 42.1 Å². The molecule has 1 N–H and O–H groups in total. The van der Waals surface area contributed by atoms with E-state index < -0.39 is 0 Å². The van der Waals surface area contributed by atoms with Crippen LogP contribution in [-0.2, 0) is 6.42 Å². The van der Waals surface area contributed by atoms with Crippen molar-refractivity contribution in [3.63, 3.8) is 0 Å². The Labute approximate surface area is 114 Å². The molecule has 0 radical (unpaired) electrons. The van der Waals surface area contributed by atoms with Crippen molar-refractivity contribution in [2.45, 2.75) is 44.6 Å². The third kappa shape index (κ3) is 2.79. The molecule has 2 nitrogen and oxygen atoms in total. The molecule has 1 aliphatic carbocycles. The molecule has 0 saturated heterocycles. The Balaban J connectivity index is 1.88. The van der Waals surface area contributed by atoms with Crippen molar-refractivity contribution in [2.75, 3.05) is 0 Å². The summed E-state index contributed by atoms with van der Waals surface area (Å²) < 4.78 is 0. The largest absolute Gasteiger partial charge is 0.393 e. The summed E-state index contributed by atoms with van der Waals surface area (Å²) in [6, 6.07) is 10.5. The first kappa shape index (κ1) is 12.6. The maximum atomic E-state index is 10.3. The van der Waals surface area contributed by atoms with Gasteiger partial charge in [0.25, 0.3) is 0 Å². The maximum absolute atomic E-state index is 10.3. The Kier molecular flexibility index (Phi) is 3.79. The molecule has 1 heterocycles. The zero-order chi connectivity index (χ0) is 13.1. The number of para-hydroxylation sites is 1. The standard InChI is InChI=1S/C17H21NO/c19-16-10-3-1-2-6-14(16)12-15-8-4-7-13-9-5-11-18-17(13)15/h4-5,7-9,11,14,16,19H,1-3,6,10,12H2. The average Bonchev–Trinajstić information content (AvgIpc) is 2.65. The molecule has 19 heavy (non-hydrogen) atoms. The molecule has 1 fully saturated rings. The quantitative estimate of drug-likeness (QED) is 0.830. The highest BCUT2D eigenvalue weighted by Crippen LogP contribution is 2.28. The number of hydrogen-bond acceptors (Lipinski definition) is 2. The summed E-state index contributed by atoms with van der Waals surface area (Å²) in [6.45, 7) is 0. The number of aromatic nitrogens is 1. The summed E-state index contributed by atoms with van der Waals surface area (Å²) in [5.74, 6) is 0.398. The van der Waals surface area contributed by atoms with E-state index in [0.29, 0.717) is 5.92 Å². The second-order valence-electron chi connectivity index (χ2n) is 5.66. The van der Waals surface area contributed by atoms with Gasteiger partial charge in [0.15, 0.2) is 0 Å². The second-order valence-corrected chi connectivity index (χ2v) is 5.66. The van der Waals surface area contributed by atoms with Crippen LogP contribution in [0.1, 0.15) is 37.7 Å². The molecular formula is C17H21NO. The number of benzene rings is 1. The lowest BCUT2D eigenvalue weighted by molar-refractivity contribution is 0.101. The Bertz CT molecular complexity index is 546. The van der Waals surface area contributed by atoms with Gasteiger partial charge in [0, 0.05) is 11.6 Å². The van der Waals surface area contributed by atoms with Crippen molar-refractivity contribution >= 4 is 10.9 Å². The van der Waals surface area contributed by atoms with E-state index >= 15 is 0 Å². The number of aliphatic hydroxyl groups is 1. The van der Waals surface area contributed by atoms with Crippen LogP contribution in [0.15, 0.2) is 36.5 Å². The van der Waals surface area contributed by atoms with Crippen LogP contribution in [0, 0.1) is 5.92 Å². The van der Waals surface area contributed by atoms with Gasteiger partial charge >= 0.3 is 0 Å². The van der Waals surface area contributed by atoms with E-state index in [1.165, 1.54) is 30.2 Å². The second kappa shape index (κ2) is 5.70. The summed E-state index contributed by atoms with van der Waals surface area (Å²) in [5, 5.41) is 11.5. The van der Waals surface area contributed by atoms with E-state index in [0.717, 1.165) is 24.8 Å². The molecule has 0 spiro atoms. The number of nitrogens with zero attached hydrogens (tertiary/aromatic N) is 1. The maximum Gasteiger partial charge on any atom is 0.0734 e. The molecule has 2 aromatic rings. The van der Waals surface area contributed by atoms with Crippen molar-refractivity contribution in [1.82, 2.24) is 4.98 Å². The zero-order valence-electron chi connectivity index (χ0n) is 11.3. The van der Waals surface area contributed by atoms with Crippen molar-refractivity contribution in [3.8, 4) is 0 Å². The van der Waals surface area contributed by atoms with Crippen LogP contribution in [-0.4, -0.2) is 16.2 Å². The van der Waals surface area contributed by atoms with E-state index in [-0.39, 0.29) is 6.10 Å². The van der Waals surface area contributed by atoms with E-state index in [4.69, 9.17) is 0 Å². The highest BCUT2D eigenvalue weighted by molar-refractivity contribution is 5.81. The summed E-state index contributed by atoms with van der Waals surface area (Å²) in [7, 11) is 0. The van der Waals surface area contributed by atoms with Gasteiger partial charge in [0.1, 0.15) is 0 Å². The molecule has 1 aromatic carbocycles. The van der Waals surface area contributed by atoms with E-state index in [1.807, 2.05) is 12.3 Å². The third-order valence-electron chi connectivity index (χ3n) is 4.32. The highest BCUT2D eigenvalue weighted by Gasteiger charge is 2.22. The summed E-state index contributed by atoms with van der Waals surface area (Å²) in [6.07, 6.45) is 8.46. The molecule has 2 atom stereocenters. The van der Waals surface area contributed by atoms with Gasteiger partial charge in [-0.2, -0.15) is 0 Å². The average molecular weight is 255 g/mol. The summed E-state index contributed by atoms with van der Waals surface area (Å²) in [4.78, 5) is 4.51. The van der Waals surface area contributed by atoms with Gasteiger partial charge < -0.3 is 5.11 Å². The number of pyridine rings is 1. The lowest BCUT2D eigenvalue weighted by Gasteiger charge is -2.20. The topological polar surface area (TPSA) is 33.1 Å². The molecule has 0 aliphatic heterocycles. The highest BCUT2D eigenvalue weighted by atomic mass is 16.3. The summed E-state index contributed by atoms with van der Waals surface area (Å²) >= 11 is 0. The van der Waals surface area contributed by atoms with Crippen LogP contribution in [0.2, 0.25) is 0 Å². The number of aliphatic hydroxyl groups excluding tert-OH is 1. The zero-order valence-corrected chi connectivity index (χ0v) is 11.3. The van der Waals surface area contributed by atoms with E-state index in [1.54, 1.807) is 0 Å². The fourth-order valence-electron chi connectivity index (χ4n) is 3.22. The van der Waals surface area contributed by atoms with Crippen molar-refractivity contribution in [1.29, 1.82) is 0 Å². The first-order chi connectivity index (χ1) is 9.34. The first-order valence-electron chi connectivity index (χ1n) is 7.35. The lowest BCUT2D eigenvalue weighted by atomic mass is 9.89. The molecule has 3 rings (SSSR count). The van der Waals surface area contributed by atoms with E-state index in [9.17, 15) is 5.11 Å². The minimum atomic E-state index is -0.138.